The maximum absolute atomic E-state index is 13.1. The van der Waals surface area contributed by atoms with E-state index in [0.29, 0.717) is 18.8 Å². The van der Waals surface area contributed by atoms with Crippen LogP contribution < -0.4 is 11.1 Å². The lowest BCUT2D eigenvalue weighted by molar-refractivity contribution is -0.193. The largest absolute Gasteiger partial charge is 0.490 e. The molecule has 5 rings (SSSR count). The molecule has 2 aromatic heterocycles. The van der Waals surface area contributed by atoms with Gasteiger partial charge >= 0.3 is 24.3 Å². The molecule has 3 heterocycles. The number of rotatable bonds is 8. The smallest absolute Gasteiger partial charge is 0.475 e. The van der Waals surface area contributed by atoms with Crippen LogP contribution in [0.2, 0.25) is 0 Å². The maximum Gasteiger partial charge on any atom is 0.490 e. The molecule has 1 amide bonds. The number of hydrogen-bond acceptors (Lipinski definition) is 8. The third-order valence-corrected chi connectivity index (χ3v) is 7.03. The highest BCUT2D eigenvalue weighted by Crippen LogP contribution is 2.34. The molecule has 50 heavy (non-hydrogen) atoms. The summed E-state index contributed by atoms with van der Waals surface area (Å²) in [4.78, 5) is 42.7. The molecule has 5 N–H and O–H groups in total. The fourth-order valence-corrected chi connectivity index (χ4v) is 4.55. The molecule has 0 unspecified atom stereocenters. The number of benzene rings is 2. The van der Waals surface area contributed by atoms with Crippen molar-refractivity contribution in [1.82, 2.24) is 20.2 Å². The van der Waals surface area contributed by atoms with Gasteiger partial charge in [0, 0.05) is 48.9 Å². The van der Waals surface area contributed by atoms with Crippen molar-refractivity contribution in [1.29, 1.82) is 0 Å². The summed E-state index contributed by atoms with van der Waals surface area (Å²) < 4.78 is 68.9. The van der Waals surface area contributed by atoms with Gasteiger partial charge in [0.2, 0.25) is 0 Å². The van der Waals surface area contributed by atoms with Crippen molar-refractivity contribution in [2.75, 3.05) is 39.4 Å². The number of nitrogens with one attached hydrogen (secondary N) is 1. The first-order chi connectivity index (χ1) is 23.6. The summed E-state index contributed by atoms with van der Waals surface area (Å²) in [5.41, 5.74) is 11.8. The van der Waals surface area contributed by atoms with Gasteiger partial charge < -0.3 is 26.0 Å². The Kier molecular flexibility index (Phi) is 14.2. The Morgan fingerprint density at radius 2 is 1.44 bits per heavy atom. The van der Waals surface area contributed by atoms with Crippen molar-refractivity contribution in [2.24, 2.45) is 5.73 Å². The van der Waals surface area contributed by atoms with Crippen molar-refractivity contribution in [3.63, 3.8) is 0 Å². The molecule has 0 spiro atoms. The van der Waals surface area contributed by atoms with Crippen molar-refractivity contribution < 1.29 is 55.7 Å². The monoisotopic (exact) mass is 709 g/mol. The molecule has 1 saturated heterocycles. The summed E-state index contributed by atoms with van der Waals surface area (Å²) in [7, 11) is 0. The van der Waals surface area contributed by atoms with Crippen LogP contribution in [0, 0.1) is 0 Å². The van der Waals surface area contributed by atoms with Crippen molar-refractivity contribution in [2.45, 2.75) is 25.3 Å². The van der Waals surface area contributed by atoms with Crippen molar-refractivity contribution in [3.8, 4) is 22.4 Å². The van der Waals surface area contributed by atoms with E-state index in [1.54, 1.807) is 6.20 Å². The van der Waals surface area contributed by atoms with Crippen LogP contribution in [0.1, 0.15) is 22.5 Å². The molecule has 4 aromatic rings. The summed E-state index contributed by atoms with van der Waals surface area (Å²) in [5.74, 6) is -5.69. The number of hydrogen-bond donors (Lipinski definition) is 4. The van der Waals surface area contributed by atoms with Gasteiger partial charge in [-0.2, -0.15) is 26.3 Å². The molecule has 11 nitrogen and oxygen atoms in total. The summed E-state index contributed by atoms with van der Waals surface area (Å²) in [6.07, 6.45) is -7.63. The number of carbonyl (C=O) groups excluding carboxylic acids is 1. The Hall–Kier alpha value is -5.13. The number of nitrogens with two attached hydrogens (primary N) is 1. The highest BCUT2D eigenvalue weighted by Gasteiger charge is 2.38. The van der Waals surface area contributed by atoms with E-state index >= 15 is 0 Å². The van der Waals surface area contributed by atoms with E-state index < -0.39 is 24.3 Å². The minimum atomic E-state index is -5.08. The third-order valence-electron chi connectivity index (χ3n) is 7.03. The molecule has 268 valence electrons. The van der Waals surface area contributed by atoms with Gasteiger partial charge in [-0.25, -0.2) is 14.6 Å². The number of morpholine rings is 1. The van der Waals surface area contributed by atoms with E-state index in [4.69, 9.17) is 35.3 Å². The zero-order valence-electron chi connectivity index (χ0n) is 26.3. The van der Waals surface area contributed by atoms with Crippen LogP contribution in [0.5, 0.6) is 0 Å². The van der Waals surface area contributed by atoms with E-state index in [9.17, 15) is 31.1 Å². The number of nitrogens with zero attached hydrogens (tertiary/aromatic N) is 3. The third kappa shape index (κ3) is 11.8. The summed E-state index contributed by atoms with van der Waals surface area (Å²) in [6, 6.07) is 22.2. The van der Waals surface area contributed by atoms with Crippen LogP contribution in [0.15, 0.2) is 72.9 Å². The fourth-order valence-electron chi connectivity index (χ4n) is 4.55. The molecule has 1 aliphatic rings. The number of halogens is 6. The van der Waals surface area contributed by atoms with Gasteiger partial charge in [-0.05, 0) is 36.2 Å². The van der Waals surface area contributed by atoms with Crippen LogP contribution in [0.3, 0.4) is 0 Å². The number of ether oxygens (including phenoxy) is 1. The zero-order valence-corrected chi connectivity index (χ0v) is 26.3. The number of aliphatic carboxylic acids is 2. The first kappa shape index (κ1) is 39.3. The predicted octanol–water partition coefficient (Wildman–Crippen LogP) is 5.14. The van der Waals surface area contributed by atoms with E-state index in [2.05, 4.69) is 27.3 Å². The second-order valence-corrected chi connectivity index (χ2v) is 10.5. The molecule has 0 aliphatic carbocycles. The molecule has 0 bridgehead atoms. The Morgan fingerprint density at radius 1 is 0.860 bits per heavy atom. The first-order valence-corrected chi connectivity index (χ1v) is 14.9. The highest BCUT2D eigenvalue weighted by atomic mass is 19.4. The fraction of sp³-hybridized carbons (Fsp3) is 0.303. The second-order valence-electron chi connectivity index (χ2n) is 10.5. The highest BCUT2D eigenvalue weighted by molar-refractivity contribution is 6.06. The average Bonchev–Trinajstić information content (AvgIpc) is 3.10. The molecule has 17 heteroatoms. The molecule has 0 radical (unpaired) electrons. The lowest BCUT2D eigenvalue weighted by Crippen LogP contribution is -2.38. The topological polar surface area (TPSA) is 168 Å². The number of aromatic nitrogens is 2. The molecule has 1 fully saturated rings. The minimum absolute atomic E-state index is 0.177. The van der Waals surface area contributed by atoms with Gasteiger partial charge in [-0.1, -0.05) is 54.6 Å². The van der Waals surface area contributed by atoms with Crippen LogP contribution in [0.25, 0.3) is 33.3 Å². The molecular formula is C33H33F6N5O6. The first-order valence-electron chi connectivity index (χ1n) is 14.9. The van der Waals surface area contributed by atoms with Gasteiger partial charge in [0.1, 0.15) is 5.69 Å². The van der Waals surface area contributed by atoms with Gasteiger partial charge in [0.05, 0.1) is 24.4 Å². The van der Waals surface area contributed by atoms with Gasteiger partial charge in [0.15, 0.2) is 0 Å². The van der Waals surface area contributed by atoms with Gasteiger partial charge in [0.25, 0.3) is 5.91 Å². The van der Waals surface area contributed by atoms with Gasteiger partial charge in [-0.15, -0.1) is 0 Å². The molecule has 0 saturated carbocycles. The van der Waals surface area contributed by atoms with Crippen LogP contribution in [-0.4, -0.2) is 94.7 Å². The number of carboxylic acid groups (broad SMARTS) is 2. The molecular weight excluding hydrogens is 676 g/mol. The van der Waals surface area contributed by atoms with Crippen LogP contribution in [0.4, 0.5) is 26.3 Å². The van der Waals surface area contributed by atoms with E-state index in [1.165, 1.54) is 0 Å². The number of pyridine rings is 2. The Labute approximate surface area is 281 Å². The number of fused-ring (bicyclic) bond motifs is 1. The average molecular weight is 710 g/mol. The molecule has 0 atom stereocenters. The van der Waals surface area contributed by atoms with Crippen LogP contribution in [-0.2, 0) is 20.9 Å². The lowest BCUT2D eigenvalue weighted by Gasteiger charge is -2.26. The predicted molar refractivity (Wildman–Crippen MR) is 170 cm³/mol. The van der Waals surface area contributed by atoms with Crippen LogP contribution >= 0.6 is 0 Å². The zero-order chi connectivity index (χ0) is 36.9. The maximum atomic E-state index is 13.1. The standard InChI is InChI=1S/C29H31N5O2.2C2HF3O2/c30-20-21-7-9-23(10-8-21)27-24(22-5-2-1-3-6-22)19-25-26(33-27)11-13-31-28(25)29(35)32-12-4-14-34-15-17-36-18-16-34;2*3-2(4,5)1(6)7/h1-3,5-11,13,19H,4,12,14-18,20,30H2,(H,32,35);2*(H,6,7). The second kappa shape index (κ2) is 18.0. The van der Waals surface area contributed by atoms with Gasteiger partial charge in [-0.3, -0.25) is 14.7 Å². The number of alkyl halides is 6. The number of carboxylic acids is 2. The number of carbonyl (C=O) groups is 3. The van der Waals surface area contributed by atoms with Crippen molar-refractivity contribution in [3.05, 3.63) is 84.2 Å². The quantitative estimate of drug-likeness (QED) is 0.142. The number of amides is 1. The Bertz CT molecular complexity index is 1710. The van der Waals surface area contributed by atoms with Crippen molar-refractivity contribution >= 4 is 28.7 Å². The molecule has 2 aromatic carbocycles. The van der Waals surface area contributed by atoms with E-state index in [1.807, 2.05) is 54.6 Å². The Morgan fingerprint density at radius 3 is 1.98 bits per heavy atom. The van der Waals surface area contributed by atoms with E-state index in [0.717, 1.165) is 78.1 Å². The Balaban J connectivity index is 0.000000408. The normalized spacial score (nSPS) is 13.3. The molecule has 1 aliphatic heterocycles. The SMILES string of the molecule is NCc1ccc(-c2nc3ccnc(C(=O)NCCCN4CCOCC4)c3cc2-c2ccccc2)cc1.O=C(O)C(F)(F)F.O=C(O)C(F)(F)F. The summed E-state index contributed by atoms with van der Waals surface area (Å²) in [6.45, 7) is 5.49. The summed E-state index contributed by atoms with van der Waals surface area (Å²) >= 11 is 0. The lowest BCUT2D eigenvalue weighted by atomic mass is 9.96. The summed E-state index contributed by atoms with van der Waals surface area (Å²) in [5, 5.41) is 18.0. The van der Waals surface area contributed by atoms with E-state index in [-0.39, 0.29) is 5.91 Å². The minimum Gasteiger partial charge on any atom is -0.475 e.